The van der Waals surface area contributed by atoms with Gasteiger partial charge in [-0.3, -0.25) is 9.79 Å². The van der Waals surface area contributed by atoms with Crippen molar-refractivity contribution in [1.29, 1.82) is 0 Å². The maximum Gasteiger partial charge on any atom is 0.251 e. The topological polar surface area (TPSA) is 77.4 Å². The first-order valence-corrected chi connectivity index (χ1v) is 10.2. The normalized spacial score (nSPS) is 22.6. The van der Waals surface area contributed by atoms with E-state index >= 15 is 0 Å². The molecule has 0 aromatic heterocycles. The molecule has 0 aromatic carbocycles. The lowest BCUT2D eigenvalue weighted by Gasteiger charge is -2.37. The van der Waals surface area contributed by atoms with Crippen LogP contribution in [-0.4, -0.2) is 85.4 Å². The molecule has 26 heavy (non-hydrogen) atoms. The van der Waals surface area contributed by atoms with Gasteiger partial charge in [0.15, 0.2) is 5.96 Å². The number of aliphatic imine (C=N–C) groups is 1. The molecule has 2 rings (SSSR count). The monoisotopic (exact) mass is 368 g/mol. The third-order valence-corrected chi connectivity index (χ3v) is 5.16. The Labute approximate surface area is 157 Å². The molecule has 2 heterocycles. The molecule has 0 aromatic rings. The molecule has 2 unspecified atom stereocenters. The quantitative estimate of drug-likeness (QED) is 0.495. The van der Waals surface area contributed by atoms with E-state index in [0.717, 1.165) is 77.3 Å². The molecule has 0 aliphatic carbocycles. The van der Waals surface area contributed by atoms with Crippen LogP contribution in [0.4, 0.5) is 0 Å². The van der Waals surface area contributed by atoms with Gasteiger partial charge in [-0.15, -0.1) is 0 Å². The van der Waals surface area contributed by atoms with E-state index in [2.05, 4.69) is 24.1 Å². The van der Waals surface area contributed by atoms with E-state index in [9.17, 15) is 9.90 Å². The summed E-state index contributed by atoms with van der Waals surface area (Å²) < 4.78 is 5.53. The number of hydrogen-bond acceptors (Lipinski definition) is 4. The number of nitrogens with one attached hydrogen (secondary N) is 1. The minimum absolute atomic E-state index is 0.148. The second-order valence-corrected chi connectivity index (χ2v) is 7.18. The highest BCUT2D eigenvalue weighted by Gasteiger charge is 2.30. The number of aliphatic hydroxyl groups is 1. The molecule has 2 N–H and O–H groups in total. The summed E-state index contributed by atoms with van der Waals surface area (Å²) in [4.78, 5) is 21.5. The van der Waals surface area contributed by atoms with Crippen LogP contribution in [0, 0.1) is 5.92 Å². The molecule has 2 aliphatic heterocycles. The van der Waals surface area contributed by atoms with Gasteiger partial charge < -0.3 is 25.0 Å². The van der Waals surface area contributed by atoms with Crippen LogP contribution in [0.15, 0.2) is 4.99 Å². The first-order chi connectivity index (χ1) is 12.7. The van der Waals surface area contributed by atoms with E-state index in [1.54, 1.807) is 0 Å². The Balaban J connectivity index is 1.87. The van der Waals surface area contributed by atoms with E-state index in [4.69, 9.17) is 9.73 Å². The number of piperazine rings is 1. The van der Waals surface area contributed by atoms with Gasteiger partial charge in [-0.25, -0.2) is 0 Å². The van der Waals surface area contributed by atoms with Crippen LogP contribution in [0.2, 0.25) is 0 Å². The van der Waals surface area contributed by atoms with Crippen molar-refractivity contribution in [3.8, 4) is 0 Å². The first kappa shape index (κ1) is 21.0. The number of amides is 1. The lowest BCUT2D eigenvalue weighted by Crippen LogP contribution is -2.55. The zero-order chi connectivity index (χ0) is 18.8. The second-order valence-electron chi connectivity index (χ2n) is 7.18. The first-order valence-electron chi connectivity index (χ1n) is 10.2. The number of carbonyl (C=O) groups is 1. The van der Waals surface area contributed by atoms with Crippen molar-refractivity contribution in [1.82, 2.24) is 15.1 Å². The van der Waals surface area contributed by atoms with Crippen LogP contribution in [0.5, 0.6) is 0 Å². The SMILES string of the molecule is CCCC(CCO)CN=C(NCC)N1CCN(C(=O)C2CCCO2)CC1. The largest absolute Gasteiger partial charge is 0.396 e. The van der Waals surface area contributed by atoms with Crippen LogP contribution < -0.4 is 5.32 Å². The van der Waals surface area contributed by atoms with Gasteiger partial charge in [0.2, 0.25) is 0 Å². The van der Waals surface area contributed by atoms with Crippen LogP contribution in [0.1, 0.15) is 46.0 Å². The molecule has 2 saturated heterocycles. The summed E-state index contributed by atoms with van der Waals surface area (Å²) in [5.74, 6) is 1.51. The average molecular weight is 369 g/mol. The van der Waals surface area contributed by atoms with Gasteiger partial charge in [-0.2, -0.15) is 0 Å². The Morgan fingerprint density at radius 2 is 1.96 bits per heavy atom. The summed E-state index contributed by atoms with van der Waals surface area (Å²) in [6.45, 7) is 9.77. The molecule has 150 valence electrons. The summed E-state index contributed by atoms with van der Waals surface area (Å²) >= 11 is 0. The summed E-state index contributed by atoms with van der Waals surface area (Å²) in [5, 5.41) is 12.6. The Kier molecular flexibility index (Phi) is 9.18. The van der Waals surface area contributed by atoms with E-state index in [0.29, 0.717) is 12.5 Å². The maximum atomic E-state index is 12.5. The van der Waals surface area contributed by atoms with Crippen LogP contribution in [0.25, 0.3) is 0 Å². The molecular weight excluding hydrogens is 332 g/mol. The minimum atomic E-state index is -0.225. The molecule has 1 amide bonds. The average Bonchev–Trinajstić information content (AvgIpc) is 3.19. The van der Waals surface area contributed by atoms with E-state index in [1.807, 2.05) is 4.90 Å². The minimum Gasteiger partial charge on any atom is -0.396 e. The highest BCUT2D eigenvalue weighted by atomic mass is 16.5. The number of hydrogen-bond donors (Lipinski definition) is 2. The standard InChI is InChI=1S/C19H36N4O3/c1-3-6-16(8-13-24)15-21-19(20-4-2)23-11-9-22(10-12-23)18(25)17-7-5-14-26-17/h16-17,24H,3-15H2,1-2H3,(H,20,21). The molecule has 2 atom stereocenters. The lowest BCUT2D eigenvalue weighted by atomic mass is 10.0. The van der Waals surface area contributed by atoms with Gasteiger partial charge >= 0.3 is 0 Å². The third kappa shape index (κ3) is 6.13. The van der Waals surface area contributed by atoms with Crippen molar-refractivity contribution in [2.75, 3.05) is 52.5 Å². The number of ether oxygens (including phenoxy) is 1. The van der Waals surface area contributed by atoms with Gasteiger partial charge in [-0.1, -0.05) is 13.3 Å². The van der Waals surface area contributed by atoms with Crippen LogP contribution in [-0.2, 0) is 9.53 Å². The fraction of sp³-hybridized carbons (Fsp3) is 0.895. The Hall–Kier alpha value is -1.34. The molecule has 0 saturated carbocycles. The molecule has 0 bridgehead atoms. The molecule has 0 radical (unpaired) electrons. The zero-order valence-electron chi connectivity index (χ0n) is 16.5. The molecular formula is C19H36N4O3. The summed E-state index contributed by atoms with van der Waals surface area (Å²) in [6.07, 6.45) is 4.62. The number of aliphatic hydroxyl groups excluding tert-OH is 1. The summed E-state index contributed by atoms with van der Waals surface area (Å²) in [5.41, 5.74) is 0. The number of guanidine groups is 1. The van der Waals surface area contributed by atoms with Crippen molar-refractivity contribution >= 4 is 11.9 Å². The van der Waals surface area contributed by atoms with Gasteiger partial charge in [0, 0.05) is 52.5 Å². The van der Waals surface area contributed by atoms with Crippen LogP contribution >= 0.6 is 0 Å². The fourth-order valence-corrected chi connectivity index (χ4v) is 3.67. The molecule has 0 spiro atoms. The van der Waals surface area contributed by atoms with Gasteiger partial charge in [0.1, 0.15) is 6.10 Å². The Morgan fingerprint density at radius 3 is 2.54 bits per heavy atom. The maximum absolute atomic E-state index is 12.5. The van der Waals surface area contributed by atoms with Crippen molar-refractivity contribution in [3.05, 3.63) is 0 Å². The van der Waals surface area contributed by atoms with Crippen molar-refractivity contribution in [2.45, 2.75) is 52.1 Å². The smallest absolute Gasteiger partial charge is 0.251 e. The predicted octanol–water partition coefficient (Wildman–Crippen LogP) is 1.07. The highest BCUT2D eigenvalue weighted by molar-refractivity contribution is 5.82. The second kappa shape index (κ2) is 11.4. The van der Waals surface area contributed by atoms with Crippen molar-refractivity contribution < 1.29 is 14.6 Å². The number of carbonyl (C=O) groups excluding carboxylic acids is 1. The summed E-state index contributed by atoms with van der Waals surface area (Å²) in [7, 11) is 0. The van der Waals surface area contributed by atoms with Crippen LogP contribution in [0.3, 0.4) is 0 Å². The molecule has 2 fully saturated rings. The van der Waals surface area contributed by atoms with Gasteiger partial charge in [0.05, 0.1) is 0 Å². The Morgan fingerprint density at radius 1 is 1.23 bits per heavy atom. The van der Waals surface area contributed by atoms with Gasteiger partial charge in [-0.05, 0) is 38.5 Å². The van der Waals surface area contributed by atoms with E-state index in [-0.39, 0.29) is 18.6 Å². The molecule has 7 nitrogen and oxygen atoms in total. The zero-order valence-corrected chi connectivity index (χ0v) is 16.5. The van der Waals surface area contributed by atoms with E-state index < -0.39 is 0 Å². The van der Waals surface area contributed by atoms with Crippen molar-refractivity contribution in [2.24, 2.45) is 10.9 Å². The lowest BCUT2D eigenvalue weighted by molar-refractivity contribution is -0.142. The van der Waals surface area contributed by atoms with E-state index in [1.165, 1.54) is 0 Å². The summed E-state index contributed by atoms with van der Waals surface area (Å²) in [6, 6.07) is 0. The number of nitrogens with zero attached hydrogens (tertiary/aromatic N) is 3. The van der Waals surface area contributed by atoms with Gasteiger partial charge in [0.25, 0.3) is 5.91 Å². The van der Waals surface area contributed by atoms with Crippen molar-refractivity contribution in [3.63, 3.8) is 0 Å². The predicted molar refractivity (Wildman–Crippen MR) is 103 cm³/mol. The molecule has 2 aliphatic rings. The Bertz CT molecular complexity index is 438. The molecule has 7 heteroatoms. The fourth-order valence-electron chi connectivity index (χ4n) is 3.67. The number of rotatable bonds is 8. The highest BCUT2D eigenvalue weighted by Crippen LogP contribution is 2.16. The third-order valence-electron chi connectivity index (χ3n) is 5.16.